The van der Waals surface area contributed by atoms with Crippen molar-refractivity contribution in [2.75, 3.05) is 18.5 Å². The predicted octanol–water partition coefficient (Wildman–Crippen LogP) is 4.51. The Hall–Kier alpha value is -2.67. The maximum atomic E-state index is 8.15. The molecule has 1 fully saturated rings. The molecule has 2 heterocycles. The van der Waals surface area contributed by atoms with Crippen molar-refractivity contribution in [2.24, 2.45) is 0 Å². The van der Waals surface area contributed by atoms with Crippen LogP contribution in [-0.4, -0.2) is 31.1 Å². The molecule has 0 saturated carbocycles. The molecule has 2 atom stereocenters. The number of thiophene rings is 1. The van der Waals surface area contributed by atoms with E-state index in [1.807, 2.05) is 60.0 Å². The average molecular weight is 408 g/mol. The van der Waals surface area contributed by atoms with E-state index < -0.39 is 0 Å². The Morgan fingerprint density at radius 2 is 2.00 bits per heavy atom. The summed E-state index contributed by atoms with van der Waals surface area (Å²) in [6.07, 6.45) is 1.15. The largest absolute Gasteiger partial charge is 0.492 e. The zero-order valence-corrected chi connectivity index (χ0v) is 17.0. The lowest BCUT2D eigenvalue weighted by atomic mass is 10.2. The summed E-state index contributed by atoms with van der Waals surface area (Å²) in [6, 6.07) is 22.2. The van der Waals surface area contributed by atoms with E-state index in [0.29, 0.717) is 19.0 Å². The Bertz CT molecular complexity index is 915. The minimum absolute atomic E-state index is 0.211. The molecule has 1 aliphatic rings. The monoisotopic (exact) mass is 407 g/mol. The van der Waals surface area contributed by atoms with Crippen LogP contribution in [0.2, 0.25) is 0 Å². The van der Waals surface area contributed by atoms with E-state index in [0.717, 1.165) is 29.3 Å². The summed E-state index contributed by atoms with van der Waals surface area (Å²) < 4.78 is 12.0. The van der Waals surface area contributed by atoms with Crippen LogP contribution in [0.3, 0.4) is 0 Å². The highest BCUT2D eigenvalue weighted by molar-refractivity contribution is 7.12. The summed E-state index contributed by atoms with van der Waals surface area (Å²) in [5.74, 6) is 1.19. The van der Waals surface area contributed by atoms with Crippen LogP contribution in [0, 0.1) is 5.41 Å². The third kappa shape index (κ3) is 5.67. The van der Waals surface area contributed by atoms with Gasteiger partial charge in [-0.2, -0.15) is 0 Å². The van der Waals surface area contributed by atoms with Crippen molar-refractivity contribution in [2.45, 2.75) is 25.2 Å². The van der Waals surface area contributed by atoms with Crippen LogP contribution in [-0.2, 0) is 11.3 Å². The van der Waals surface area contributed by atoms with E-state index in [2.05, 4.69) is 22.8 Å². The number of amidine groups is 1. The number of ether oxygens (including phenoxy) is 2. The van der Waals surface area contributed by atoms with Gasteiger partial charge in [0.1, 0.15) is 18.2 Å². The molecular formula is C23H25N3O2S. The fourth-order valence-corrected chi connectivity index (χ4v) is 3.94. The molecule has 29 heavy (non-hydrogen) atoms. The minimum Gasteiger partial charge on any atom is -0.492 e. The van der Waals surface area contributed by atoms with E-state index in [1.54, 1.807) is 11.3 Å². The second-order valence-electron chi connectivity index (χ2n) is 7.08. The van der Waals surface area contributed by atoms with Crippen LogP contribution >= 0.6 is 11.3 Å². The van der Waals surface area contributed by atoms with Crippen LogP contribution in [0.1, 0.15) is 16.9 Å². The molecule has 3 N–H and O–H groups in total. The van der Waals surface area contributed by atoms with Gasteiger partial charge in [0.05, 0.1) is 17.6 Å². The van der Waals surface area contributed by atoms with Gasteiger partial charge in [0.2, 0.25) is 0 Å². The van der Waals surface area contributed by atoms with Gasteiger partial charge in [-0.15, -0.1) is 11.3 Å². The van der Waals surface area contributed by atoms with E-state index in [9.17, 15) is 0 Å². The number of nitrogens with one attached hydrogen (secondary N) is 3. The maximum absolute atomic E-state index is 8.15. The SMILES string of the molecule is N=C(Nc1cccc(OC[C@@H]2C[C@H](OCc3ccccc3)CN2)c1)c1cccs1. The fraction of sp³-hybridized carbons (Fsp3) is 0.261. The number of hydrogen-bond donors (Lipinski definition) is 3. The van der Waals surface area contributed by atoms with Gasteiger partial charge in [0.25, 0.3) is 0 Å². The molecule has 0 bridgehead atoms. The molecule has 6 heteroatoms. The van der Waals surface area contributed by atoms with Crippen molar-refractivity contribution in [1.82, 2.24) is 5.32 Å². The first kappa shape index (κ1) is 19.6. The smallest absolute Gasteiger partial charge is 0.140 e. The second kappa shape index (κ2) is 9.69. The molecule has 0 spiro atoms. The molecule has 1 saturated heterocycles. The highest BCUT2D eigenvalue weighted by Crippen LogP contribution is 2.20. The lowest BCUT2D eigenvalue weighted by molar-refractivity contribution is 0.0515. The second-order valence-corrected chi connectivity index (χ2v) is 8.02. The first-order chi connectivity index (χ1) is 14.3. The lowest BCUT2D eigenvalue weighted by Crippen LogP contribution is -2.28. The molecule has 0 amide bonds. The zero-order valence-electron chi connectivity index (χ0n) is 16.1. The lowest BCUT2D eigenvalue weighted by Gasteiger charge is -2.14. The van der Waals surface area contributed by atoms with Crippen LogP contribution in [0.5, 0.6) is 5.75 Å². The normalized spacial score (nSPS) is 18.5. The molecule has 3 aromatic rings. The first-order valence-electron chi connectivity index (χ1n) is 9.77. The number of benzene rings is 2. The Kier molecular flexibility index (Phi) is 6.56. The van der Waals surface area contributed by atoms with Gasteiger partial charge in [-0.3, -0.25) is 5.41 Å². The van der Waals surface area contributed by atoms with Crippen molar-refractivity contribution in [3.05, 3.63) is 82.6 Å². The zero-order chi connectivity index (χ0) is 19.9. The highest BCUT2D eigenvalue weighted by Gasteiger charge is 2.25. The third-order valence-corrected chi connectivity index (χ3v) is 5.72. The van der Waals surface area contributed by atoms with Gasteiger partial charge >= 0.3 is 0 Å². The van der Waals surface area contributed by atoms with Gasteiger partial charge in [-0.25, -0.2) is 0 Å². The van der Waals surface area contributed by atoms with Crippen molar-refractivity contribution in [3.63, 3.8) is 0 Å². The van der Waals surface area contributed by atoms with E-state index in [-0.39, 0.29) is 12.1 Å². The van der Waals surface area contributed by atoms with Crippen LogP contribution in [0.4, 0.5) is 5.69 Å². The van der Waals surface area contributed by atoms with E-state index in [1.165, 1.54) is 5.56 Å². The molecule has 1 aliphatic heterocycles. The maximum Gasteiger partial charge on any atom is 0.140 e. The fourth-order valence-electron chi connectivity index (χ4n) is 3.31. The molecule has 0 radical (unpaired) electrons. The summed E-state index contributed by atoms with van der Waals surface area (Å²) in [7, 11) is 0. The topological polar surface area (TPSA) is 66.4 Å². The summed E-state index contributed by atoms with van der Waals surface area (Å²) >= 11 is 1.55. The first-order valence-corrected chi connectivity index (χ1v) is 10.7. The van der Waals surface area contributed by atoms with Crippen LogP contribution in [0.25, 0.3) is 0 Å². The molecule has 2 aromatic carbocycles. The Balaban J connectivity index is 1.23. The summed E-state index contributed by atoms with van der Waals surface area (Å²) in [4.78, 5) is 0.910. The molecular weight excluding hydrogens is 382 g/mol. The van der Waals surface area contributed by atoms with Gasteiger partial charge in [0, 0.05) is 24.3 Å². The molecule has 0 unspecified atom stereocenters. The highest BCUT2D eigenvalue weighted by atomic mass is 32.1. The Labute approximate surface area is 175 Å². The molecule has 0 aliphatic carbocycles. The van der Waals surface area contributed by atoms with Gasteiger partial charge in [-0.1, -0.05) is 42.5 Å². The van der Waals surface area contributed by atoms with Crippen molar-refractivity contribution < 1.29 is 9.47 Å². The number of rotatable bonds is 8. The Morgan fingerprint density at radius 1 is 1.10 bits per heavy atom. The van der Waals surface area contributed by atoms with Crippen molar-refractivity contribution in [1.29, 1.82) is 5.41 Å². The summed E-state index contributed by atoms with van der Waals surface area (Å²) in [5, 5.41) is 16.7. The number of anilines is 1. The van der Waals surface area contributed by atoms with Crippen LogP contribution in [0.15, 0.2) is 72.1 Å². The molecule has 150 valence electrons. The molecule has 5 nitrogen and oxygen atoms in total. The Morgan fingerprint density at radius 3 is 2.83 bits per heavy atom. The van der Waals surface area contributed by atoms with Gasteiger partial charge in [0.15, 0.2) is 0 Å². The predicted molar refractivity (Wildman–Crippen MR) is 118 cm³/mol. The van der Waals surface area contributed by atoms with Gasteiger partial charge in [-0.05, 0) is 35.6 Å². The molecule has 1 aromatic heterocycles. The van der Waals surface area contributed by atoms with Crippen molar-refractivity contribution in [3.8, 4) is 5.75 Å². The quantitative estimate of drug-likeness (QED) is 0.380. The standard InChI is InChI=1S/C23H25N3O2S/c24-23(22-10-5-11-29-22)26-18-8-4-9-20(12-18)28-16-19-13-21(14-25-19)27-15-17-6-2-1-3-7-17/h1-12,19,21,25H,13-16H2,(H2,24,26)/t19-,21-/m0/s1. The van der Waals surface area contributed by atoms with E-state index in [4.69, 9.17) is 14.9 Å². The number of hydrogen-bond acceptors (Lipinski definition) is 5. The van der Waals surface area contributed by atoms with Crippen molar-refractivity contribution >= 4 is 22.9 Å². The summed E-state index contributed by atoms with van der Waals surface area (Å²) in [6.45, 7) is 2.09. The minimum atomic E-state index is 0.211. The molecule has 4 rings (SSSR count). The average Bonchev–Trinajstić information content (AvgIpc) is 3.44. The third-order valence-electron chi connectivity index (χ3n) is 4.83. The van der Waals surface area contributed by atoms with Crippen LogP contribution < -0.4 is 15.4 Å². The van der Waals surface area contributed by atoms with E-state index >= 15 is 0 Å². The summed E-state index contributed by atoms with van der Waals surface area (Å²) in [5.41, 5.74) is 2.05. The van der Waals surface area contributed by atoms with Gasteiger partial charge < -0.3 is 20.1 Å².